The number of carbonyl (C=O) groups excluding carboxylic acids is 3. The monoisotopic (exact) mass is 454 g/mol. The number of hydrogen-bond donors (Lipinski definition) is 4. The minimum absolute atomic E-state index is 0.283. The van der Waals surface area contributed by atoms with Crippen LogP contribution in [0.4, 0.5) is 26.2 Å². The van der Waals surface area contributed by atoms with Crippen LogP contribution in [0.2, 0.25) is 5.02 Å². The van der Waals surface area contributed by atoms with Gasteiger partial charge in [-0.1, -0.05) is 17.7 Å². The highest BCUT2D eigenvalue weighted by Gasteiger charge is 2.10. The van der Waals surface area contributed by atoms with Crippen LogP contribution in [0.5, 0.6) is 0 Å². The smallest absolute Gasteiger partial charge is 0.323 e. The summed E-state index contributed by atoms with van der Waals surface area (Å²) in [5, 5.41) is 10.8. The molecule has 3 rings (SSSR count). The first-order valence-corrected chi connectivity index (χ1v) is 9.93. The molecule has 7 nitrogen and oxygen atoms in total. The van der Waals surface area contributed by atoms with E-state index in [2.05, 4.69) is 21.3 Å². The summed E-state index contributed by atoms with van der Waals surface area (Å²) >= 11 is 5.86. The molecule has 3 aromatic rings. The van der Waals surface area contributed by atoms with Crippen LogP contribution in [0, 0.1) is 0 Å². The number of benzene rings is 3. The van der Waals surface area contributed by atoms with E-state index in [1.54, 1.807) is 48.5 Å². The standard InChI is InChI=1S/C23H20ClFN4O3/c1-26-21(30)14-3-2-4-15(11-14)22(31)27-17-5-7-18(8-6-17)28-23(32)29-19-9-10-20(24)16(12-19)13-25/h2-12H,13H2,1H3,(H,26,30)(H,27,31)(H2,28,29,32). The zero-order valence-corrected chi connectivity index (χ0v) is 17.8. The van der Waals surface area contributed by atoms with Crippen molar-refractivity contribution in [1.29, 1.82) is 0 Å². The number of halogens is 2. The van der Waals surface area contributed by atoms with Crippen LogP contribution >= 0.6 is 11.6 Å². The summed E-state index contributed by atoms with van der Waals surface area (Å²) in [5.41, 5.74) is 2.40. The molecule has 0 bridgehead atoms. The number of anilines is 3. The molecular weight excluding hydrogens is 435 g/mol. The molecule has 4 amide bonds. The molecular formula is C23H20ClFN4O3. The molecule has 3 aromatic carbocycles. The van der Waals surface area contributed by atoms with Crippen LogP contribution in [-0.2, 0) is 6.67 Å². The molecule has 0 aliphatic heterocycles. The number of alkyl halides is 1. The molecule has 0 atom stereocenters. The van der Waals surface area contributed by atoms with Crippen molar-refractivity contribution in [2.75, 3.05) is 23.0 Å². The van der Waals surface area contributed by atoms with Gasteiger partial charge in [0, 0.05) is 45.8 Å². The van der Waals surface area contributed by atoms with Gasteiger partial charge in [-0.05, 0) is 60.7 Å². The second-order valence-electron chi connectivity index (χ2n) is 6.71. The third-order valence-electron chi connectivity index (χ3n) is 4.46. The predicted octanol–water partition coefficient (Wildman–Crippen LogP) is 5.07. The Hall–Kier alpha value is -3.91. The predicted molar refractivity (Wildman–Crippen MR) is 123 cm³/mol. The second-order valence-corrected chi connectivity index (χ2v) is 7.12. The SMILES string of the molecule is CNC(=O)c1cccc(C(=O)Nc2ccc(NC(=O)Nc3ccc(Cl)c(CF)c3)cc2)c1. The first-order valence-electron chi connectivity index (χ1n) is 9.55. The van der Waals surface area contributed by atoms with Crippen molar-refractivity contribution in [1.82, 2.24) is 5.32 Å². The molecule has 0 aromatic heterocycles. The van der Waals surface area contributed by atoms with E-state index < -0.39 is 12.7 Å². The summed E-state index contributed by atoms with van der Waals surface area (Å²) in [6.07, 6.45) is 0. The largest absolute Gasteiger partial charge is 0.355 e. The Morgan fingerprint density at radius 2 is 1.34 bits per heavy atom. The summed E-state index contributed by atoms with van der Waals surface area (Å²) in [5.74, 6) is -0.659. The number of urea groups is 1. The van der Waals surface area contributed by atoms with Crippen LogP contribution in [0.25, 0.3) is 0 Å². The molecule has 0 fully saturated rings. The lowest BCUT2D eigenvalue weighted by atomic mass is 10.1. The van der Waals surface area contributed by atoms with E-state index in [0.29, 0.717) is 28.2 Å². The molecule has 164 valence electrons. The van der Waals surface area contributed by atoms with Crippen molar-refractivity contribution in [3.05, 3.63) is 88.4 Å². The fourth-order valence-corrected chi connectivity index (χ4v) is 3.00. The number of rotatable bonds is 6. The third-order valence-corrected chi connectivity index (χ3v) is 4.83. The highest BCUT2D eigenvalue weighted by Crippen LogP contribution is 2.22. The van der Waals surface area contributed by atoms with Crippen molar-refractivity contribution in [2.24, 2.45) is 0 Å². The summed E-state index contributed by atoms with van der Waals surface area (Å²) in [6, 6.07) is 16.8. The fraction of sp³-hybridized carbons (Fsp3) is 0.0870. The highest BCUT2D eigenvalue weighted by atomic mass is 35.5. The van der Waals surface area contributed by atoms with E-state index in [1.165, 1.54) is 25.2 Å². The van der Waals surface area contributed by atoms with Gasteiger partial charge < -0.3 is 21.3 Å². The summed E-state index contributed by atoms with van der Waals surface area (Å²) in [7, 11) is 1.52. The maximum atomic E-state index is 12.9. The van der Waals surface area contributed by atoms with Gasteiger partial charge in [0.2, 0.25) is 0 Å². The summed E-state index contributed by atoms with van der Waals surface area (Å²) < 4.78 is 12.9. The van der Waals surface area contributed by atoms with E-state index in [0.717, 1.165) is 0 Å². The molecule has 0 radical (unpaired) electrons. The first kappa shape index (κ1) is 22.8. The van der Waals surface area contributed by atoms with Crippen molar-refractivity contribution in [2.45, 2.75) is 6.67 Å². The van der Waals surface area contributed by atoms with Gasteiger partial charge >= 0.3 is 6.03 Å². The lowest BCUT2D eigenvalue weighted by Crippen LogP contribution is -2.20. The van der Waals surface area contributed by atoms with Gasteiger partial charge in [-0.25, -0.2) is 9.18 Å². The number of carbonyl (C=O) groups is 3. The van der Waals surface area contributed by atoms with Gasteiger partial charge in [-0.3, -0.25) is 9.59 Å². The topological polar surface area (TPSA) is 99.3 Å². The third kappa shape index (κ3) is 5.83. The summed E-state index contributed by atoms with van der Waals surface area (Å²) in [4.78, 5) is 36.4. The van der Waals surface area contributed by atoms with Gasteiger partial charge in [-0.2, -0.15) is 0 Å². The molecule has 0 aliphatic carbocycles. The van der Waals surface area contributed by atoms with Gasteiger partial charge in [0.15, 0.2) is 0 Å². The minimum atomic E-state index is -0.737. The lowest BCUT2D eigenvalue weighted by molar-refractivity contribution is 0.0963. The van der Waals surface area contributed by atoms with Crippen LogP contribution in [0.1, 0.15) is 26.3 Å². The average molecular weight is 455 g/mol. The van der Waals surface area contributed by atoms with Crippen molar-refractivity contribution in [3.63, 3.8) is 0 Å². The Kier molecular flexibility index (Phi) is 7.41. The minimum Gasteiger partial charge on any atom is -0.355 e. The van der Waals surface area contributed by atoms with E-state index in [1.807, 2.05) is 0 Å². The maximum absolute atomic E-state index is 12.9. The van der Waals surface area contributed by atoms with Crippen molar-refractivity contribution >= 4 is 46.5 Å². The normalized spacial score (nSPS) is 10.2. The number of nitrogens with one attached hydrogen (secondary N) is 4. The molecule has 0 heterocycles. The van der Waals surface area contributed by atoms with E-state index in [-0.39, 0.29) is 22.4 Å². The molecule has 0 spiro atoms. The Morgan fingerprint density at radius 1 is 0.781 bits per heavy atom. The second kappa shape index (κ2) is 10.4. The molecule has 0 unspecified atom stereocenters. The quantitative estimate of drug-likeness (QED) is 0.418. The van der Waals surface area contributed by atoms with Crippen LogP contribution in [0.15, 0.2) is 66.7 Å². The zero-order valence-electron chi connectivity index (χ0n) is 17.0. The van der Waals surface area contributed by atoms with Gasteiger partial charge in [0.1, 0.15) is 6.67 Å². The van der Waals surface area contributed by atoms with Crippen LogP contribution in [0.3, 0.4) is 0 Å². The number of hydrogen-bond acceptors (Lipinski definition) is 3. The Morgan fingerprint density at radius 3 is 1.97 bits per heavy atom. The zero-order chi connectivity index (χ0) is 23.1. The molecule has 9 heteroatoms. The van der Waals surface area contributed by atoms with E-state index in [4.69, 9.17) is 11.6 Å². The average Bonchev–Trinajstić information content (AvgIpc) is 2.81. The van der Waals surface area contributed by atoms with Crippen molar-refractivity contribution < 1.29 is 18.8 Å². The first-order chi connectivity index (χ1) is 15.4. The van der Waals surface area contributed by atoms with Crippen LogP contribution < -0.4 is 21.3 Å². The van der Waals surface area contributed by atoms with Crippen molar-refractivity contribution in [3.8, 4) is 0 Å². The number of amides is 4. The van der Waals surface area contributed by atoms with Gasteiger partial charge in [-0.15, -0.1) is 0 Å². The summed E-state index contributed by atoms with van der Waals surface area (Å²) in [6.45, 7) is -0.737. The van der Waals surface area contributed by atoms with E-state index >= 15 is 0 Å². The molecule has 4 N–H and O–H groups in total. The lowest BCUT2D eigenvalue weighted by Gasteiger charge is -2.10. The molecule has 0 saturated heterocycles. The highest BCUT2D eigenvalue weighted by molar-refractivity contribution is 6.31. The molecule has 0 aliphatic rings. The van der Waals surface area contributed by atoms with Gasteiger partial charge in [0.05, 0.1) is 0 Å². The maximum Gasteiger partial charge on any atom is 0.323 e. The molecule has 0 saturated carbocycles. The Balaban J connectivity index is 1.59. The van der Waals surface area contributed by atoms with Gasteiger partial charge in [0.25, 0.3) is 11.8 Å². The Labute approximate surface area is 189 Å². The van der Waals surface area contributed by atoms with Crippen LogP contribution in [-0.4, -0.2) is 24.9 Å². The Bertz CT molecular complexity index is 1150. The fourth-order valence-electron chi connectivity index (χ4n) is 2.83. The molecule has 32 heavy (non-hydrogen) atoms. The van der Waals surface area contributed by atoms with E-state index in [9.17, 15) is 18.8 Å².